The fourth-order valence-electron chi connectivity index (χ4n) is 4.61. The van der Waals surface area contributed by atoms with Gasteiger partial charge in [-0.05, 0) is 0 Å². The van der Waals surface area contributed by atoms with Gasteiger partial charge in [-0.3, -0.25) is 0 Å². The molecule has 0 saturated carbocycles. The second-order valence-corrected chi connectivity index (χ2v) is 15.2. The van der Waals surface area contributed by atoms with Crippen LogP contribution in [-0.2, 0) is 9.30 Å². The Morgan fingerprint density at radius 3 is 2.00 bits per heavy atom. The first-order valence-corrected chi connectivity index (χ1v) is 17.0. The molecule has 0 aliphatic carbocycles. The van der Waals surface area contributed by atoms with Crippen molar-refractivity contribution < 1.29 is 9.30 Å². The van der Waals surface area contributed by atoms with Crippen molar-refractivity contribution in [3.63, 3.8) is 0 Å². The first-order chi connectivity index (χ1) is 12.0. The molecule has 0 amide bonds. The second kappa shape index (κ2) is 10.8. The molecule has 1 aliphatic heterocycles. The van der Waals surface area contributed by atoms with Crippen molar-refractivity contribution in [2.75, 3.05) is 12.3 Å². The standard InChI is InChI=1S/C20H38O2P.CH3.Sn/c1-6-11-14-18-17-22-20(16-13-8-3,19(18)15-12-7-2)23(21,9-4)10-5;;/h17H,6-16H2,1-5H3;1H3;. The molecule has 146 valence electrons. The van der Waals surface area contributed by atoms with Gasteiger partial charge in [0.15, 0.2) is 0 Å². The molecule has 2 atom stereocenters. The topological polar surface area (TPSA) is 26.3 Å². The van der Waals surface area contributed by atoms with Gasteiger partial charge < -0.3 is 0 Å². The molecular weight excluding hydrogens is 434 g/mol. The van der Waals surface area contributed by atoms with Gasteiger partial charge in [0.2, 0.25) is 0 Å². The first-order valence-electron chi connectivity index (χ1n) is 10.6. The van der Waals surface area contributed by atoms with E-state index >= 15 is 0 Å². The third-order valence-corrected chi connectivity index (χ3v) is 16.2. The molecular formula is C21H41O2PSn. The van der Waals surface area contributed by atoms with E-state index in [0.29, 0.717) is 0 Å². The molecule has 0 saturated heterocycles. The van der Waals surface area contributed by atoms with Crippen LogP contribution in [0.3, 0.4) is 0 Å². The Kier molecular flexibility index (Phi) is 10.2. The Bertz CT molecular complexity index is 469. The summed E-state index contributed by atoms with van der Waals surface area (Å²) in [5.74, 6) is 0. The zero-order valence-corrected chi connectivity index (χ0v) is 21.4. The quantitative estimate of drug-likeness (QED) is 0.204. The first kappa shape index (κ1) is 23.6. The zero-order valence-electron chi connectivity index (χ0n) is 17.6. The summed E-state index contributed by atoms with van der Waals surface area (Å²) in [6.07, 6.45) is 14.2. The van der Waals surface area contributed by atoms with E-state index in [9.17, 15) is 4.57 Å². The van der Waals surface area contributed by atoms with Crippen LogP contribution in [-0.4, -0.2) is 38.8 Å². The molecule has 2 radical (unpaired) electrons. The molecule has 4 heteroatoms. The fourth-order valence-corrected chi connectivity index (χ4v) is 14.6. The molecule has 0 aromatic rings. The van der Waals surface area contributed by atoms with E-state index in [1.807, 2.05) is 0 Å². The third kappa shape index (κ3) is 4.36. The third-order valence-electron chi connectivity index (χ3n) is 6.29. The van der Waals surface area contributed by atoms with Crippen molar-refractivity contribution in [2.45, 2.75) is 106 Å². The summed E-state index contributed by atoms with van der Waals surface area (Å²) < 4.78 is 21.0. The molecule has 1 heterocycles. The summed E-state index contributed by atoms with van der Waals surface area (Å²) in [6.45, 7) is 11.1. The Morgan fingerprint density at radius 1 is 0.960 bits per heavy atom. The number of ether oxygens (including phenoxy) is 1. The van der Waals surface area contributed by atoms with Crippen LogP contribution in [0, 0.1) is 0 Å². The van der Waals surface area contributed by atoms with E-state index in [4.69, 9.17) is 4.74 Å². The zero-order chi connectivity index (χ0) is 19.0. The molecule has 0 fully saturated rings. The molecule has 0 N–H and O–H groups in total. The van der Waals surface area contributed by atoms with Crippen LogP contribution in [0.1, 0.15) is 92.4 Å². The van der Waals surface area contributed by atoms with E-state index in [1.165, 1.54) is 37.7 Å². The number of hydrogen-bond donors (Lipinski definition) is 0. The SMILES string of the molecule is CCCCC1=COC(CCCC)(P(=O)(CC)CC)[C]1(CCCC)[Sn][CH3]. The number of rotatable bonds is 13. The Labute approximate surface area is 167 Å². The summed E-state index contributed by atoms with van der Waals surface area (Å²) in [7, 11) is -2.37. The van der Waals surface area contributed by atoms with Gasteiger partial charge in [-0.1, -0.05) is 0 Å². The van der Waals surface area contributed by atoms with Crippen LogP contribution in [0.25, 0.3) is 0 Å². The maximum absolute atomic E-state index is 14.2. The van der Waals surface area contributed by atoms with Gasteiger partial charge in [-0.2, -0.15) is 0 Å². The molecule has 25 heavy (non-hydrogen) atoms. The van der Waals surface area contributed by atoms with Crippen LogP contribution in [0.2, 0.25) is 8.37 Å². The normalized spacial score (nSPS) is 26.6. The van der Waals surface area contributed by atoms with Gasteiger partial charge >= 0.3 is 168 Å². The Hall–Kier alpha value is 0.569. The van der Waals surface area contributed by atoms with Gasteiger partial charge in [-0.25, -0.2) is 0 Å². The van der Waals surface area contributed by atoms with E-state index in [0.717, 1.165) is 38.0 Å². The van der Waals surface area contributed by atoms with Crippen molar-refractivity contribution in [2.24, 2.45) is 0 Å². The van der Waals surface area contributed by atoms with Crippen molar-refractivity contribution in [1.82, 2.24) is 0 Å². The van der Waals surface area contributed by atoms with Crippen LogP contribution < -0.4 is 0 Å². The maximum atomic E-state index is 14.2. The second-order valence-electron chi connectivity index (χ2n) is 7.53. The number of hydrogen-bond acceptors (Lipinski definition) is 2. The van der Waals surface area contributed by atoms with Crippen molar-refractivity contribution in [1.29, 1.82) is 0 Å². The minimum atomic E-state index is -2.37. The Balaban J connectivity index is 3.47. The summed E-state index contributed by atoms with van der Waals surface area (Å²) in [4.78, 5) is 2.48. The van der Waals surface area contributed by atoms with Gasteiger partial charge in [0.1, 0.15) is 0 Å². The predicted octanol–water partition coefficient (Wildman–Crippen LogP) is 7.48. The summed E-state index contributed by atoms with van der Waals surface area (Å²) in [5, 5.41) is -0.376. The van der Waals surface area contributed by atoms with Crippen LogP contribution in [0.4, 0.5) is 0 Å². The van der Waals surface area contributed by atoms with Crippen LogP contribution in [0.15, 0.2) is 11.8 Å². The average Bonchev–Trinajstić information content (AvgIpc) is 2.97. The summed E-state index contributed by atoms with van der Waals surface area (Å²) in [6, 6.07) is 0. The molecule has 0 spiro atoms. The number of unbranched alkanes of at least 4 members (excludes halogenated alkanes) is 3. The van der Waals surface area contributed by atoms with Gasteiger partial charge in [-0.15, -0.1) is 0 Å². The van der Waals surface area contributed by atoms with E-state index in [1.54, 1.807) is 0 Å². The van der Waals surface area contributed by atoms with Crippen LogP contribution in [0.5, 0.6) is 0 Å². The van der Waals surface area contributed by atoms with E-state index < -0.39 is 28.3 Å². The monoisotopic (exact) mass is 476 g/mol. The van der Waals surface area contributed by atoms with E-state index in [2.05, 4.69) is 45.8 Å². The summed E-state index contributed by atoms with van der Waals surface area (Å²) in [5.41, 5.74) is 1.54. The van der Waals surface area contributed by atoms with Crippen molar-refractivity contribution in [3.8, 4) is 0 Å². The minimum absolute atomic E-state index is 0.151. The molecule has 1 aliphatic rings. The van der Waals surface area contributed by atoms with Crippen molar-refractivity contribution in [3.05, 3.63) is 11.8 Å². The molecule has 0 bridgehead atoms. The Morgan fingerprint density at radius 2 is 1.52 bits per heavy atom. The molecule has 2 nitrogen and oxygen atoms in total. The molecule has 1 rings (SSSR count). The van der Waals surface area contributed by atoms with E-state index in [-0.39, 0.29) is 8.77 Å². The van der Waals surface area contributed by atoms with Gasteiger partial charge in [0, 0.05) is 0 Å². The fraction of sp³-hybridized carbons (Fsp3) is 0.905. The summed E-state index contributed by atoms with van der Waals surface area (Å²) >= 11 is -0.735. The molecule has 0 aromatic carbocycles. The van der Waals surface area contributed by atoms with Crippen LogP contribution >= 0.6 is 7.14 Å². The van der Waals surface area contributed by atoms with Gasteiger partial charge in [0.25, 0.3) is 0 Å². The average molecular weight is 475 g/mol. The van der Waals surface area contributed by atoms with Crippen molar-refractivity contribution >= 4 is 28.3 Å². The molecule has 0 aromatic heterocycles. The van der Waals surface area contributed by atoms with Gasteiger partial charge in [0.05, 0.1) is 0 Å². The molecule has 2 unspecified atom stereocenters. The predicted molar refractivity (Wildman–Crippen MR) is 113 cm³/mol.